The maximum absolute atomic E-state index is 13.2. The fourth-order valence-corrected chi connectivity index (χ4v) is 4.06. The number of nitrogens with zero attached hydrogens (tertiary/aromatic N) is 3. The van der Waals surface area contributed by atoms with Crippen molar-refractivity contribution in [3.63, 3.8) is 0 Å². The minimum atomic E-state index is -0.148. The number of halogens is 1. The van der Waals surface area contributed by atoms with Crippen LogP contribution in [0.5, 0.6) is 0 Å². The SMILES string of the molecule is Cc1cccc(-n2nc(-c3cc(Br)cc(-c4cnco4)c3)c3ccccc3c2=O)c1. The van der Waals surface area contributed by atoms with Gasteiger partial charge in [-0.3, -0.25) is 4.79 Å². The van der Waals surface area contributed by atoms with Gasteiger partial charge >= 0.3 is 0 Å². The van der Waals surface area contributed by atoms with Crippen LogP contribution >= 0.6 is 15.9 Å². The van der Waals surface area contributed by atoms with Crippen molar-refractivity contribution in [1.29, 1.82) is 0 Å². The summed E-state index contributed by atoms with van der Waals surface area (Å²) in [6, 6.07) is 21.2. The largest absolute Gasteiger partial charge is 0.444 e. The number of oxazole rings is 1. The Kier molecular flexibility index (Phi) is 4.56. The van der Waals surface area contributed by atoms with Gasteiger partial charge < -0.3 is 4.42 Å². The Labute approximate surface area is 180 Å². The standard InChI is InChI=1S/C24H16BrN3O2/c1-15-5-4-6-19(9-15)28-24(29)21-8-3-2-7-20(21)23(27-28)17-10-16(11-18(25)12-17)22-13-26-14-30-22/h2-14H,1H3. The van der Waals surface area contributed by atoms with Gasteiger partial charge in [-0.05, 0) is 48.9 Å². The van der Waals surface area contributed by atoms with Gasteiger partial charge in [0.15, 0.2) is 12.2 Å². The lowest BCUT2D eigenvalue weighted by molar-refractivity contribution is 0.572. The molecule has 0 radical (unpaired) electrons. The molecule has 0 atom stereocenters. The maximum atomic E-state index is 13.2. The predicted molar refractivity (Wildman–Crippen MR) is 121 cm³/mol. The zero-order chi connectivity index (χ0) is 20.7. The minimum absolute atomic E-state index is 0.148. The minimum Gasteiger partial charge on any atom is -0.444 e. The van der Waals surface area contributed by atoms with Gasteiger partial charge in [-0.2, -0.15) is 9.78 Å². The number of benzene rings is 3. The van der Waals surface area contributed by atoms with E-state index >= 15 is 0 Å². The van der Waals surface area contributed by atoms with E-state index in [1.165, 1.54) is 11.1 Å². The normalized spacial score (nSPS) is 11.1. The van der Waals surface area contributed by atoms with E-state index in [-0.39, 0.29) is 5.56 Å². The van der Waals surface area contributed by atoms with Crippen molar-refractivity contribution >= 4 is 26.7 Å². The molecule has 6 heteroatoms. The second kappa shape index (κ2) is 7.39. The molecule has 0 aliphatic rings. The van der Waals surface area contributed by atoms with E-state index in [1.807, 2.05) is 73.7 Å². The van der Waals surface area contributed by atoms with Gasteiger partial charge in [0.25, 0.3) is 5.56 Å². The quantitative estimate of drug-likeness (QED) is 0.344. The number of hydrogen-bond acceptors (Lipinski definition) is 4. The number of rotatable bonds is 3. The van der Waals surface area contributed by atoms with Gasteiger partial charge in [-0.25, -0.2) is 4.98 Å². The number of fused-ring (bicyclic) bond motifs is 1. The molecule has 0 spiro atoms. The van der Waals surface area contributed by atoms with Crippen LogP contribution in [0.4, 0.5) is 0 Å². The second-order valence-corrected chi connectivity index (χ2v) is 7.96. The molecule has 0 unspecified atom stereocenters. The highest BCUT2D eigenvalue weighted by atomic mass is 79.9. The lowest BCUT2D eigenvalue weighted by atomic mass is 10.0. The molecule has 5 nitrogen and oxygen atoms in total. The van der Waals surface area contributed by atoms with Crippen molar-refractivity contribution in [1.82, 2.24) is 14.8 Å². The van der Waals surface area contributed by atoms with Crippen LogP contribution in [0.2, 0.25) is 0 Å². The number of hydrogen-bond donors (Lipinski definition) is 0. The van der Waals surface area contributed by atoms with Gasteiger partial charge in [0, 0.05) is 21.0 Å². The van der Waals surface area contributed by atoms with E-state index in [9.17, 15) is 4.79 Å². The Balaban J connectivity index is 1.82. The third-order valence-electron chi connectivity index (χ3n) is 4.94. The molecule has 0 bridgehead atoms. The molecule has 5 rings (SSSR count). The van der Waals surface area contributed by atoms with E-state index < -0.39 is 0 Å². The molecule has 0 aliphatic heterocycles. The smallest absolute Gasteiger partial charge is 0.279 e. The molecule has 2 aromatic heterocycles. The monoisotopic (exact) mass is 457 g/mol. The molecule has 0 aliphatic carbocycles. The van der Waals surface area contributed by atoms with Crippen LogP contribution in [0.25, 0.3) is 39.0 Å². The second-order valence-electron chi connectivity index (χ2n) is 7.04. The van der Waals surface area contributed by atoms with Crippen molar-refractivity contribution in [3.8, 4) is 28.3 Å². The Morgan fingerprint density at radius 2 is 1.73 bits per heavy atom. The summed E-state index contributed by atoms with van der Waals surface area (Å²) in [5.41, 5.74) is 4.10. The topological polar surface area (TPSA) is 60.9 Å². The lowest BCUT2D eigenvalue weighted by Gasteiger charge is -2.13. The van der Waals surface area contributed by atoms with Crippen LogP contribution in [0.3, 0.4) is 0 Å². The van der Waals surface area contributed by atoms with Crippen LogP contribution in [0.15, 0.2) is 93.0 Å². The molecule has 0 fully saturated rings. The molecular formula is C24H16BrN3O2. The highest BCUT2D eigenvalue weighted by molar-refractivity contribution is 9.10. The molecule has 0 amide bonds. The fraction of sp³-hybridized carbons (Fsp3) is 0.0417. The third kappa shape index (κ3) is 3.25. The number of aromatic nitrogens is 3. The van der Waals surface area contributed by atoms with Crippen molar-refractivity contribution in [2.24, 2.45) is 0 Å². The molecule has 0 saturated carbocycles. The summed E-state index contributed by atoms with van der Waals surface area (Å²) in [7, 11) is 0. The Morgan fingerprint density at radius 1 is 0.933 bits per heavy atom. The van der Waals surface area contributed by atoms with Crippen LogP contribution in [0, 0.1) is 6.92 Å². The van der Waals surface area contributed by atoms with Crippen molar-refractivity contribution in [2.45, 2.75) is 6.92 Å². The van der Waals surface area contributed by atoms with Crippen LogP contribution in [-0.2, 0) is 0 Å². The first kappa shape index (κ1) is 18.5. The van der Waals surface area contributed by atoms with Gasteiger partial charge in [-0.1, -0.05) is 46.3 Å². The zero-order valence-electron chi connectivity index (χ0n) is 16.0. The molecular weight excluding hydrogens is 442 g/mol. The van der Waals surface area contributed by atoms with E-state index in [0.29, 0.717) is 16.8 Å². The van der Waals surface area contributed by atoms with Crippen molar-refractivity contribution in [3.05, 3.63) is 99.7 Å². The van der Waals surface area contributed by atoms with Gasteiger partial charge in [-0.15, -0.1) is 0 Å². The molecule has 2 heterocycles. The molecule has 5 aromatic rings. The highest BCUT2D eigenvalue weighted by Crippen LogP contribution is 2.32. The van der Waals surface area contributed by atoms with E-state index in [1.54, 1.807) is 6.20 Å². The zero-order valence-corrected chi connectivity index (χ0v) is 17.6. The summed E-state index contributed by atoms with van der Waals surface area (Å²) >= 11 is 3.59. The first-order chi connectivity index (χ1) is 14.6. The molecule has 146 valence electrons. The van der Waals surface area contributed by atoms with Gasteiger partial charge in [0.1, 0.15) is 0 Å². The summed E-state index contributed by atoms with van der Waals surface area (Å²) in [6.45, 7) is 1.99. The summed E-state index contributed by atoms with van der Waals surface area (Å²) in [6.07, 6.45) is 3.08. The van der Waals surface area contributed by atoms with E-state index in [0.717, 1.165) is 32.2 Å². The van der Waals surface area contributed by atoms with Crippen LogP contribution in [0.1, 0.15) is 5.56 Å². The summed E-state index contributed by atoms with van der Waals surface area (Å²) < 4.78 is 7.82. The van der Waals surface area contributed by atoms with Crippen LogP contribution < -0.4 is 5.56 Å². The molecule has 3 aromatic carbocycles. The third-order valence-corrected chi connectivity index (χ3v) is 5.40. The van der Waals surface area contributed by atoms with Crippen molar-refractivity contribution < 1.29 is 4.42 Å². The Morgan fingerprint density at radius 3 is 2.50 bits per heavy atom. The van der Waals surface area contributed by atoms with Gasteiger partial charge in [0.2, 0.25) is 0 Å². The van der Waals surface area contributed by atoms with E-state index in [2.05, 4.69) is 20.9 Å². The van der Waals surface area contributed by atoms with Crippen LogP contribution in [-0.4, -0.2) is 14.8 Å². The summed E-state index contributed by atoms with van der Waals surface area (Å²) in [5, 5.41) is 6.20. The first-order valence-corrected chi connectivity index (χ1v) is 10.2. The fourth-order valence-electron chi connectivity index (χ4n) is 3.56. The Hall–Kier alpha value is -3.51. The predicted octanol–water partition coefficient (Wildman–Crippen LogP) is 5.78. The molecule has 0 N–H and O–H groups in total. The average molecular weight is 458 g/mol. The van der Waals surface area contributed by atoms with Crippen molar-refractivity contribution in [2.75, 3.05) is 0 Å². The lowest BCUT2D eigenvalue weighted by Crippen LogP contribution is -2.22. The van der Waals surface area contributed by atoms with Gasteiger partial charge in [0.05, 0.1) is 23.0 Å². The number of aryl methyl sites for hydroxylation is 1. The average Bonchev–Trinajstić information content (AvgIpc) is 3.29. The summed E-state index contributed by atoms with van der Waals surface area (Å²) in [5.74, 6) is 0.661. The Bertz CT molecular complexity index is 1440. The highest BCUT2D eigenvalue weighted by Gasteiger charge is 2.15. The summed E-state index contributed by atoms with van der Waals surface area (Å²) in [4.78, 5) is 17.2. The maximum Gasteiger partial charge on any atom is 0.279 e. The molecule has 0 saturated heterocycles. The molecule has 30 heavy (non-hydrogen) atoms. The first-order valence-electron chi connectivity index (χ1n) is 9.39. The van der Waals surface area contributed by atoms with E-state index in [4.69, 9.17) is 9.52 Å².